The summed E-state index contributed by atoms with van der Waals surface area (Å²) in [5, 5.41) is 11.9. The van der Waals surface area contributed by atoms with Crippen LogP contribution in [-0.4, -0.2) is 19.8 Å². The molecule has 4 rings (SSSR count). The average Bonchev–Trinajstić information content (AvgIpc) is 2.75. The smallest absolute Gasteiger partial charge is 0.243 e. The van der Waals surface area contributed by atoms with E-state index >= 15 is 0 Å². The van der Waals surface area contributed by atoms with E-state index < -0.39 is 10.0 Å². The van der Waals surface area contributed by atoms with Gasteiger partial charge >= 0.3 is 0 Å². The number of benzene rings is 4. The molecule has 1 N–H and O–H groups in total. The number of hydrogen-bond acceptors (Lipinski definition) is 3. The Labute approximate surface area is 182 Å². The topological polar surface area (TPSA) is 57.6 Å². The molecule has 0 bridgehead atoms. The molecule has 0 aliphatic carbocycles. The number of phenols is 1. The molecule has 0 aliphatic rings. The van der Waals surface area contributed by atoms with Crippen molar-refractivity contribution in [2.45, 2.75) is 6.92 Å². The largest absolute Gasteiger partial charge is 0.507 e. The van der Waals surface area contributed by atoms with Gasteiger partial charge in [-0.15, -0.1) is 0 Å². The Balaban J connectivity index is 1.90. The lowest BCUT2D eigenvalue weighted by Gasteiger charge is -2.15. The third kappa shape index (κ3) is 4.25. The fourth-order valence-corrected chi connectivity index (χ4v) is 4.24. The first kappa shape index (κ1) is 20.5. The number of rotatable bonds is 3. The lowest BCUT2D eigenvalue weighted by molar-refractivity contribution is 0.481. The van der Waals surface area contributed by atoms with Gasteiger partial charge in [0.15, 0.2) is 0 Å². The molecule has 154 valence electrons. The molecule has 0 fully saturated rings. The van der Waals surface area contributed by atoms with Gasteiger partial charge in [-0.2, -0.15) is 4.31 Å². The SMILES string of the molecule is Cc1ccc(C#CN(c2ccccc2)S(C)(=O)=O)c(-c2ccc(O)c3ccccc23)c1. The van der Waals surface area contributed by atoms with Crippen molar-refractivity contribution in [2.24, 2.45) is 0 Å². The van der Waals surface area contributed by atoms with E-state index in [0.29, 0.717) is 11.3 Å². The fraction of sp³-hybridized carbons (Fsp3) is 0.0769. The molecule has 0 radical (unpaired) electrons. The van der Waals surface area contributed by atoms with Gasteiger partial charge in [-0.05, 0) is 53.6 Å². The second-order valence-electron chi connectivity index (χ2n) is 7.33. The van der Waals surface area contributed by atoms with Crippen LogP contribution in [0.25, 0.3) is 21.9 Å². The molecule has 4 aromatic rings. The molecule has 0 aliphatic heterocycles. The highest BCUT2D eigenvalue weighted by Gasteiger charge is 2.15. The molecule has 0 unspecified atom stereocenters. The van der Waals surface area contributed by atoms with Crippen molar-refractivity contribution < 1.29 is 13.5 Å². The molecule has 0 saturated carbocycles. The maximum absolute atomic E-state index is 12.4. The number of hydrogen-bond donors (Lipinski definition) is 1. The summed E-state index contributed by atoms with van der Waals surface area (Å²) in [7, 11) is -3.59. The zero-order valence-corrected chi connectivity index (χ0v) is 18.0. The van der Waals surface area contributed by atoms with Crippen molar-refractivity contribution in [1.29, 1.82) is 0 Å². The molecule has 0 spiro atoms. The van der Waals surface area contributed by atoms with Crippen molar-refractivity contribution in [2.75, 3.05) is 10.6 Å². The van der Waals surface area contributed by atoms with E-state index in [0.717, 1.165) is 38.0 Å². The molecule has 0 heterocycles. The minimum atomic E-state index is -3.59. The summed E-state index contributed by atoms with van der Waals surface area (Å²) in [6.45, 7) is 2.00. The molecule has 0 aromatic heterocycles. The first-order valence-corrected chi connectivity index (χ1v) is 11.6. The van der Waals surface area contributed by atoms with Gasteiger partial charge < -0.3 is 5.11 Å². The van der Waals surface area contributed by atoms with Gasteiger partial charge in [0.1, 0.15) is 5.75 Å². The summed E-state index contributed by atoms with van der Waals surface area (Å²) in [6, 6.07) is 28.6. The minimum Gasteiger partial charge on any atom is -0.507 e. The van der Waals surface area contributed by atoms with Crippen molar-refractivity contribution in [3.63, 3.8) is 0 Å². The highest BCUT2D eigenvalue weighted by molar-refractivity contribution is 7.92. The first-order chi connectivity index (χ1) is 14.8. The molecular formula is C26H21NO3S. The highest BCUT2D eigenvalue weighted by atomic mass is 32.2. The third-order valence-electron chi connectivity index (χ3n) is 4.98. The molecule has 0 atom stereocenters. The van der Waals surface area contributed by atoms with Crippen molar-refractivity contribution in [1.82, 2.24) is 0 Å². The normalized spacial score (nSPS) is 11.0. The second kappa shape index (κ2) is 8.17. The summed E-state index contributed by atoms with van der Waals surface area (Å²) >= 11 is 0. The van der Waals surface area contributed by atoms with E-state index in [1.807, 2.05) is 61.5 Å². The van der Waals surface area contributed by atoms with E-state index in [1.54, 1.807) is 30.3 Å². The molecule has 4 nitrogen and oxygen atoms in total. The van der Waals surface area contributed by atoms with Gasteiger partial charge in [0.25, 0.3) is 0 Å². The number of sulfonamides is 1. The van der Waals surface area contributed by atoms with E-state index in [-0.39, 0.29) is 5.75 Å². The lowest BCUT2D eigenvalue weighted by atomic mass is 9.93. The van der Waals surface area contributed by atoms with Crippen LogP contribution < -0.4 is 4.31 Å². The van der Waals surface area contributed by atoms with Gasteiger partial charge in [-0.3, -0.25) is 0 Å². The lowest BCUT2D eigenvalue weighted by Crippen LogP contribution is -2.24. The molecule has 0 amide bonds. The highest BCUT2D eigenvalue weighted by Crippen LogP contribution is 2.35. The molecule has 0 saturated heterocycles. The summed E-state index contributed by atoms with van der Waals surface area (Å²) < 4.78 is 25.8. The Morgan fingerprint density at radius 3 is 2.19 bits per heavy atom. The zero-order valence-electron chi connectivity index (χ0n) is 17.2. The third-order valence-corrected chi connectivity index (χ3v) is 5.95. The second-order valence-corrected chi connectivity index (χ2v) is 9.16. The Morgan fingerprint density at radius 1 is 0.806 bits per heavy atom. The van der Waals surface area contributed by atoms with E-state index in [9.17, 15) is 13.5 Å². The van der Waals surface area contributed by atoms with E-state index in [2.05, 4.69) is 12.0 Å². The molecule has 4 aromatic carbocycles. The van der Waals surface area contributed by atoms with Crippen LogP contribution in [0.15, 0.2) is 84.9 Å². The number of fused-ring (bicyclic) bond motifs is 1. The fourth-order valence-electron chi connectivity index (χ4n) is 3.52. The molecule has 31 heavy (non-hydrogen) atoms. The summed E-state index contributed by atoms with van der Waals surface area (Å²) in [6.07, 6.45) is 1.14. The predicted octanol–water partition coefficient (Wildman–Crippen LogP) is 5.30. The first-order valence-electron chi connectivity index (χ1n) is 9.73. The number of aryl methyl sites for hydroxylation is 1. The van der Waals surface area contributed by atoms with E-state index in [4.69, 9.17) is 0 Å². The van der Waals surface area contributed by atoms with Crippen LogP contribution in [0.5, 0.6) is 5.75 Å². The monoisotopic (exact) mass is 427 g/mol. The number of para-hydroxylation sites is 1. The number of aromatic hydroxyl groups is 1. The van der Waals surface area contributed by atoms with Crippen LogP contribution in [0.2, 0.25) is 0 Å². The summed E-state index contributed by atoms with van der Waals surface area (Å²) in [5.74, 6) is 3.27. The Bertz CT molecular complexity index is 1430. The van der Waals surface area contributed by atoms with Gasteiger partial charge in [0, 0.05) is 17.0 Å². The van der Waals surface area contributed by atoms with Crippen LogP contribution in [0, 0.1) is 18.9 Å². The Hall–Kier alpha value is -3.75. The number of phenolic OH excluding ortho intramolecular Hbond substituents is 1. The van der Waals surface area contributed by atoms with Crippen LogP contribution in [0.1, 0.15) is 11.1 Å². The van der Waals surface area contributed by atoms with E-state index in [1.165, 1.54) is 0 Å². The summed E-state index contributed by atoms with van der Waals surface area (Å²) in [5.41, 5.74) is 4.05. The number of nitrogens with zero attached hydrogens (tertiary/aromatic N) is 1. The van der Waals surface area contributed by atoms with Crippen molar-refractivity contribution in [3.8, 4) is 28.8 Å². The van der Waals surface area contributed by atoms with Gasteiger partial charge in [-0.1, -0.05) is 66.2 Å². The summed E-state index contributed by atoms with van der Waals surface area (Å²) in [4.78, 5) is 0. The minimum absolute atomic E-state index is 0.215. The van der Waals surface area contributed by atoms with Crippen LogP contribution in [0.4, 0.5) is 5.69 Å². The predicted molar refractivity (Wildman–Crippen MR) is 126 cm³/mol. The van der Waals surface area contributed by atoms with Crippen LogP contribution >= 0.6 is 0 Å². The molecular weight excluding hydrogens is 406 g/mol. The maximum atomic E-state index is 12.4. The standard InChI is InChI=1S/C26H21NO3S/c1-19-12-13-20(16-17-27(31(2,29)30)21-8-4-3-5-9-21)25(18-19)23-14-15-26(28)24-11-7-6-10-22(23)24/h3-15,18,28H,1-2H3. The van der Waals surface area contributed by atoms with Gasteiger partial charge in [0.2, 0.25) is 10.0 Å². The molecule has 5 heteroatoms. The maximum Gasteiger partial charge on any atom is 0.243 e. The number of anilines is 1. The van der Waals surface area contributed by atoms with Crippen molar-refractivity contribution in [3.05, 3.63) is 96.1 Å². The quantitative estimate of drug-likeness (QED) is 0.357. The zero-order chi connectivity index (χ0) is 22.0. The van der Waals surface area contributed by atoms with Crippen LogP contribution in [0.3, 0.4) is 0 Å². The Kier molecular flexibility index (Phi) is 5.41. The Morgan fingerprint density at radius 2 is 1.48 bits per heavy atom. The van der Waals surface area contributed by atoms with Crippen molar-refractivity contribution >= 4 is 26.5 Å². The van der Waals surface area contributed by atoms with Gasteiger partial charge in [0.05, 0.1) is 11.9 Å². The average molecular weight is 428 g/mol. The van der Waals surface area contributed by atoms with Crippen LogP contribution in [-0.2, 0) is 10.0 Å². The van der Waals surface area contributed by atoms with Gasteiger partial charge in [-0.25, -0.2) is 8.42 Å².